The predicted octanol–water partition coefficient (Wildman–Crippen LogP) is 8.10. The van der Waals surface area contributed by atoms with Crippen molar-refractivity contribution in [2.24, 2.45) is 7.05 Å². The van der Waals surface area contributed by atoms with Gasteiger partial charge in [0.2, 0.25) is 5.69 Å². The SMILES string of the molecule is CC[Si](CC)(c1ccc2c(-c3cc(C4CCCCC4)cc(C)c3C)[n+](C)ccc2c1)C(C)C. The maximum atomic E-state index is 2.55. The monoisotopic (exact) mass is 458 g/mol. The molecule has 1 aliphatic carbocycles. The Bertz CT molecular complexity index is 1130. The second-order valence-corrected chi connectivity index (χ2v) is 16.4. The van der Waals surface area contributed by atoms with E-state index in [2.05, 4.69) is 95.8 Å². The van der Waals surface area contributed by atoms with Crippen LogP contribution in [0, 0.1) is 13.8 Å². The first-order valence-electron chi connectivity index (χ1n) is 13.4. The zero-order chi connectivity index (χ0) is 23.8. The van der Waals surface area contributed by atoms with Crippen molar-refractivity contribution in [3.8, 4) is 11.3 Å². The Balaban J connectivity index is 1.90. The lowest BCUT2D eigenvalue weighted by atomic mass is 9.81. The summed E-state index contributed by atoms with van der Waals surface area (Å²) in [7, 11) is 0.736. The predicted molar refractivity (Wildman–Crippen MR) is 147 cm³/mol. The quantitative estimate of drug-likeness (QED) is 0.259. The highest BCUT2D eigenvalue weighted by molar-refractivity contribution is 6.92. The Kier molecular flexibility index (Phi) is 7.14. The van der Waals surface area contributed by atoms with Gasteiger partial charge in [-0.3, -0.25) is 0 Å². The molecule has 2 aromatic carbocycles. The fourth-order valence-corrected chi connectivity index (χ4v) is 11.1. The van der Waals surface area contributed by atoms with Gasteiger partial charge in [0, 0.05) is 6.07 Å². The molecule has 1 fully saturated rings. The molecule has 1 aromatic heterocycles. The maximum Gasteiger partial charge on any atom is 0.220 e. The minimum absolute atomic E-state index is 0.732. The Morgan fingerprint density at radius 1 is 0.939 bits per heavy atom. The molecule has 0 radical (unpaired) electrons. The molecule has 0 atom stereocenters. The summed E-state index contributed by atoms with van der Waals surface area (Å²) in [6.45, 7) is 14.3. The van der Waals surface area contributed by atoms with E-state index >= 15 is 0 Å². The van der Waals surface area contributed by atoms with Gasteiger partial charge in [-0.25, -0.2) is 4.57 Å². The number of aromatic nitrogens is 1. The van der Waals surface area contributed by atoms with Crippen LogP contribution in [0.5, 0.6) is 0 Å². The first kappa shape index (κ1) is 24.2. The highest BCUT2D eigenvalue weighted by Gasteiger charge is 2.35. The molecule has 33 heavy (non-hydrogen) atoms. The average molecular weight is 459 g/mol. The van der Waals surface area contributed by atoms with Gasteiger partial charge in [0.25, 0.3) is 0 Å². The van der Waals surface area contributed by atoms with Gasteiger partial charge < -0.3 is 0 Å². The van der Waals surface area contributed by atoms with Crippen molar-refractivity contribution in [1.82, 2.24) is 0 Å². The molecule has 1 saturated carbocycles. The zero-order valence-electron chi connectivity index (χ0n) is 22.1. The first-order chi connectivity index (χ1) is 15.8. The standard InChI is InChI=1S/C31H44NSi/c1-8-33(9-2,22(3)4)28-15-16-29-26(20-28)17-18-32(7)31(29)30-21-27(19-23(5)24(30)6)25-13-11-10-12-14-25/h15-22,25H,8-14H2,1-7H3/q+1. The van der Waals surface area contributed by atoms with Crippen molar-refractivity contribution in [1.29, 1.82) is 0 Å². The number of hydrogen-bond acceptors (Lipinski definition) is 0. The highest BCUT2D eigenvalue weighted by atomic mass is 28.3. The molecule has 0 unspecified atom stereocenters. The van der Waals surface area contributed by atoms with E-state index in [1.165, 1.54) is 77.3 Å². The molecule has 0 saturated heterocycles. The highest BCUT2D eigenvalue weighted by Crippen LogP contribution is 2.38. The van der Waals surface area contributed by atoms with Crippen LogP contribution in [0.3, 0.4) is 0 Å². The van der Waals surface area contributed by atoms with Crippen LogP contribution < -0.4 is 9.75 Å². The summed E-state index contributed by atoms with van der Waals surface area (Å²) >= 11 is 0. The largest absolute Gasteiger partial charge is 0.220 e. The maximum absolute atomic E-state index is 2.55. The second kappa shape index (κ2) is 9.74. The molecule has 1 nitrogen and oxygen atoms in total. The number of benzene rings is 2. The summed E-state index contributed by atoms with van der Waals surface area (Å²) in [5.74, 6) is 0.732. The van der Waals surface area contributed by atoms with E-state index in [1.54, 1.807) is 10.8 Å². The van der Waals surface area contributed by atoms with Gasteiger partial charge in [0.05, 0.1) is 19.0 Å². The molecule has 0 spiro atoms. The third kappa shape index (κ3) is 4.32. The molecule has 0 N–H and O–H groups in total. The van der Waals surface area contributed by atoms with Gasteiger partial charge in [0.15, 0.2) is 6.20 Å². The molecule has 2 heteroatoms. The molecular weight excluding hydrogens is 414 g/mol. The molecule has 4 rings (SSSR count). The smallest absolute Gasteiger partial charge is 0.200 e. The Labute approximate surface area is 203 Å². The summed E-state index contributed by atoms with van der Waals surface area (Å²) in [6, 6.07) is 17.5. The minimum atomic E-state index is -1.48. The fourth-order valence-electron chi connectivity index (χ4n) is 6.63. The first-order valence-corrected chi connectivity index (χ1v) is 15.9. The topological polar surface area (TPSA) is 3.88 Å². The summed E-state index contributed by atoms with van der Waals surface area (Å²) < 4.78 is 2.35. The number of pyridine rings is 1. The van der Waals surface area contributed by atoms with Crippen molar-refractivity contribution >= 4 is 24.0 Å². The van der Waals surface area contributed by atoms with E-state index in [-0.39, 0.29) is 0 Å². The van der Waals surface area contributed by atoms with Crippen LogP contribution in [0.15, 0.2) is 42.6 Å². The van der Waals surface area contributed by atoms with Crippen LogP contribution in [0.4, 0.5) is 0 Å². The second-order valence-electron chi connectivity index (χ2n) is 10.9. The summed E-state index contributed by atoms with van der Waals surface area (Å²) in [5, 5.41) is 4.43. The summed E-state index contributed by atoms with van der Waals surface area (Å²) in [6.07, 6.45) is 9.15. The van der Waals surface area contributed by atoms with Gasteiger partial charge in [-0.1, -0.05) is 82.4 Å². The van der Waals surface area contributed by atoms with Gasteiger partial charge in [-0.2, -0.15) is 0 Å². The van der Waals surface area contributed by atoms with E-state index < -0.39 is 8.07 Å². The lowest BCUT2D eigenvalue weighted by Crippen LogP contribution is -2.49. The molecule has 0 amide bonds. The van der Waals surface area contributed by atoms with E-state index in [0.717, 1.165) is 11.5 Å². The van der Waals surface area contributed by atoms with Crippen molar-refractivity contribution < 1.29 is 4.57 Å². The fraction of sp³-hybridized carbons (Fsp3) is 0.516. The summed E-state index contributed by atoms with van der Waals surface area (Å²) in [4.78, 5) is 0. The van der Waals surface area contributed by atoms with Crippen LogP contribution in [0.2, 0.25) is 17.6 Å². The average Bonchev–Trinajstić information content (AvgIpc) is 2.82. The number of hydrogen-bond donors (Lipinski definition) is 0. The Morgan fingerprint density at radius 2 is 1.64 bits per heavy atom. The zero-order valence-corrected chi connectivity index (χ0v) is 23.1. The lowest BCUT2D eigenvalue weighted by Gasteiger charge is -2.34. The number of rotatable bonds is 6. The third-order valence-electron chi connectivity index (χ3n) is 9.10. The Hall–Kier alpha value is -1.93. The molecule has 1 heterocycles. The van der Waals surface area contributed by atoms with Crippen molar-refractivity contribution in [3.63, 3.8) is 0 Å². The number of nitrogens with zero attached hydrogens (tertiary/aromatic N) is 1. The Morgan fingerprint density at radius 3 is 2.27 bits per heavy atom. The van der Waals surface area contributed by atoms with Gasteiger partial charge in [0.1, 0.15) is 7.05 Å². The van der Waals surface area contributed by atoms with Crippen LogP contribution in [-0.2, 0) is 7.05 Å². The van der Waals surface area contributed by atoms with E-state index in [9.17, 15) is 0 Å². The summed E-state index contributed by atoms with van der Waals surface area (Å²) in [5.41, 5.74) is 7.99. The van der Waals surface area contributed by atoms with Crippen LogP contribution in [0.25, 0.3) is 22.0 Å². The molecule has 176 valence electrons. The molecule has 0 aliphatic heterocycles. The van der Waals surface area contributed by atoms with Crippen molar-refractivity contribution in [3.05, 3.63) is 59.3 Å². The van der Waals surface area contributed by atoms with Gasteiger partial charge >= 0.3 is 0 Å². The molecule has 0 bridgehead atoms. The van der Waals surface area contributed by atoms with Gasteiger partial charge in [-0.15, -0.1) is 0 Å². The van der Waals surface area contributed by atoms with Crippen LogP contribution in [0.1, 0.15) is 82.4 Å². The van der Waals surface area contributed by atoms with E-state index in [4.69, 9.17) is 0 Å². The van der Waals surface area contributed by atoms with Crippen LogP contribution in [-0.4, -0.2) is 8.07 Å². The molecule has 1 aliphatic rings. The van der Waals surface area contributed by atoms with E-state index in [1.807, 2.05) is 0 Å². The normalized spacial score (nSPS) is 15.5. The minimum Gasteiger partial charge on any atom is -0.200 e. The number of fused-ring (bicyclic) bond motifs is 1. The molecular formula is C31H44NSi+. The van der Waals surface area contributed by atoms with E-state index in [0.29, 0.717) is 0 Å². The van der Waals surface area contributed by atoms with Crippen molar-refractivity contribution in [2.75, 3.05) is 0 Å². The third-order valence-corrected chi connectivity index (χ3v) is 15.3. The number of aryl methyl sites for hydroxylation is 2. The lowest BCUT2D eigenvalue weighted by molar-refractivity contribution is -0.659. The molecule has 3 aromatic rings. The van der Waals surface area contributed by atoms with Crippen molar-refractivity contribution in [2.45, 2.75) is 97.2 Å². The van der Waals surface area contributed by atoms with Gasteiger partial charge in [-0.05, 0) is 72.4 Å². The van der Waals surface area contributed by atoms with Crippen LogP contribution >= 0.6 is 0 Å².